The largest absolute Gasteiger partial charge is 0.480 e. The third-order valence-corrected chi connectivity index (χ3v) is 5.24. The molecular formula is C15H21FN2O6S. The summed E-state index contributed by atoms with van der Waals surface area (Å²) in [5.74, 6) is -2.27. The van der Waals surface area contributed by atoms with Crippen LogP contribution in [0.25, 0.3) is 0 Å². The van der Waals surface area contributed by atoms with Gasteiger partial charge in [0.05, 0.1) is 11.5 Å². The molecule has 1 amide bonds. The zero-order valence-electron chi connectivity index (χ0n) is 13.9. The number of halogens is 1. The minimum absolute atomic E-state index is 0.0449. The Morgan fingerprint density at radius 1 is 1.32 bits per heavy atom. The van der Waals surface area contributed by atoms with Crippen LogP contribution < -0.4 is 5.32 Å². The van der Waals surface area contributed by atoms with Crippen LogP contribution in [-0.4, -0.2) is 63.1 Å². The maximum Gasteiger partial charge on any atom is 0.328 e. The minimum atomic E-state index is -3.78. The topological polar surface area (TPSA) is 113 Å². The lowest BCUT2D eigenvalue weighted by Crippen LogP contribution is -2.43. The van der Waals surface area contributed by atoms with Crippen LogP contribution in [0.5, 0.6) is 0 Å². The molecular weight excluding hydrogens is 355 g/mol. The third kappa shape index (κ3) is 6.40. The second-order valence-electron chi connectivity index (χ2n) is 5.30. The van der Waals surface area contributed by atoms with Gasteiger partial charge in [-0.05, 0) is 30.7 Å². The molecule has 0 fully saturated rings. The molecule has 8 nitrogen and oxygen atoms in total. The predicted octanol–water partition coefficient (Wildman–Crippen LogP) is 0.442. The SMILES string of the molecule is COCC(NC(=O)CCCN(C)S(=O)(=O)c1ccc(F)cc1)C(=O)O. The highest BCUT2D eigenvalue weighted by molar-refractivity contribution is 7.89. The van der Waals surface area contributed by atoms with Crippen LogP contribution in [-0.2, 0) is 24.3 Å². The van der Waals surface area contributed by atoms with Crippen LogP contribution in [0.1, 0.15) is 12.8 Å². The van der Waals surface area contributed by atoms with E-state index in [9.17, 15) is 22.4 Å². The number of carbonyl (C=O) groups is 2. The molecule has 25 heavy (non-hydrogen) atoms. The van der Waals surface area contributed by atoms with Crippen LogP contribution in [0.2, 0.25) is 0 Å². The maximum atomic E-state index is 12.9. The quantitative estimate of drug-likeness (QED) is 0.613. The molecule has 0 aromatic heterocycles. The molecule has 0 heterocycles. The summed E-state index contributed by atoms with van der Waals surface area (Å²) in [5, 5.41) is 11.2. The maximum absolute atomic E-state index is 12.9. The minimum Gasteiger partial charge on any atom is -0.480 e. The van der Waals surface area contributed by atoms with Gasteiger partial charge in [0.15, 0.2) is 6.04 Å². The average molecular weight is 376 g/mol. The van der Waals surface area contributed by atoms with Crippen molar-refractivity contribution < 1.29 is 32.2 Å². The summed E-state index contributed by atoms with van der Waals surface area (Å²) in [6.45, 7) is -0.116. The van der Waals surface area contributed by atoms with Crippen molar-refractivity contribution in [3.63, 3.8) is 0 Å². The molecule has 2 N–H and O–H groups in total. The molecule has 10 heteroatoms. The number of carbonyl (C=O) groups excluding carboxylic acids is 1. The number of benzene rings is 1. The normalized spacial score (nSPS) is 12.8. The number of ether oxygens (including phenoxy) is 1. The Morgan fingerprint density at radius 2 is 1.92 bits per heavy atom. The molecule has 1 rings (SSSR count). The van der Waals surface area contributed by atoms with Crippen molar-refractivity contribution in [2.24, 2.45) is 0 Å². The summed E-state index contributed by atoms with van der Waals surface area (Å²) < 4.78 is 43.2. The van der Waals surface area contributed by atoms with Crippen LogP contribution in [0.3, 0.4) is 0 Å². The first-order valence-electron chi connectivity index (χ1n) is 7.41. The molecule has 0 saturated carbocycles. The van der Waals surface area contributed by atoms with E-state index in [2.05, 4.69) is 5.32 Å². The number of rotatable bonds is 10. The zero-order valence-corrected chi connectivity index (χ0v) is 14.8. The zero-order chi connectivity index (χ0) is 19.0. The summed E-state index contributed by atoms with van der Waals surface area (Å²) in [7, 11) is -1.11. The van der Waals surface area contributed by atoms with Crippen LogP contribution in [0, 0.1) is 5.82 Å². The monoisotopic (exact) mass is 376 g/mol. The number of aliphatic carboxylic acids is 1. The fourth-order valence-electron chi connectivity index (χ4n) is 1.98. The Balaban J connectivity index is 2.53. The molecule has 140 valence electrons. The molecule has 1 atom stereocenters. The van der Waals surface area contributed by atoms with Crippen molar-refractivity contribution in [1.29, 1.82) is 0 Å². The highest BCUT2D eigenvalue weighted by Crippen LogP contribution is 2.15. The highest BCUT2D eigenvalue weighted by atomic mass is 32.2. The average Bonchev–Trinajstić information content (AvgIpc) is 2.54. The van der Waals surface area contributed by atoms with Crippen molar-refractivity contribution in [2.45, 2.75) is 23.8 Å². The molecule has 0 spiro atoms. The first kappa shape index (κ1) is 21.0. The van der Waals surface area contributed by atoms with Gasteiger partial charge >= 0.3 is 5.97 Å². The second kappa shape index (κ2) is 9.44. The van der Waals surface area contributed by atoms with Gasteiger partial charge in [-0.25, -0.2) is 21.9 Å². The van der Waals surface area contributed by atoms with Gasteiger partial charge in [0.25, 0.3) is 0 Å². The first-order chi connectivity index (χ1) is 11.7. The van der Waals surface area contributed by atoms with E-state index in [0.29, 0.717) is 0 Å². The van der Waals surface area contributed by atoms with E-state index < -0.39 is 33.8 Å². The smallest absolute Gasteiger partial charge is 0.328 e. The Labute approximate surface area is 145 Å². The summed E-state index contributed by atoms with van der Waals surface area (Å²) in [4.78, 5) is 22.6. The summed E-state index contributed by atoms with van der Waals surface area (Å²) in [5.41, 5.74) is 0. The Morgan fingerprint density at radius 3 is 2.44 bits per heavy atom. The van der Waals surface area contributed by atoms with Gasteiger partial charge in [-0.1, -0.05) is 0 Å². The van der Waals surface area contributed by atoms with E-state index in [-0.39, 0.29) is 30.9 Å². The van der Waals surface area contributed by atoms with Crippen molar-refractivity contribution in [3.8, 4) is 0 Å². The Hall–Kier alpha value is -2.04. The molecule has 0 bridgehead atoms. The molecule has 0 aliphatic rings. The molecule has 1 aromatic carbocycles. The van der Waals surface area contributed by atoms with Gasteiger partial charge in [0.2, 0.25) is 15.9 Å². The predicted molar refractivity (Wildman–Crippen MR) is 86.9 cm³/mol. The van der Waals surface area contributed by atoms with Gasteiger partial charge in [-0.2, -0.15) is 0 Å². The molecule has 0 aliphatic carbocycles. The number of sulfonamides is 1. The number of hydrogen-bond donors (Lipinski definition) is 2. The number of hydrogen-bond acceptors (Lipinski definition) is 5. The van der Waals surface area contributed by atoms with Crippen molar-refractivity contribution in [3.05, 3.63) is 30.1 Å². The summed E-state index contributed by atoms with van der Waals surface area (Å²) >= 11 is 0. The van der Waals surface area contributed by atoms with Crippen molar-refractivity contribution in [2.75, 3.05) is 27.3 Å². The number of nitrogens with zero attached hydrogens (tertiary/aromatic N) is 1. The van der Waals surface area contributed by atoms with E-state index >= 15 is 0 Å². The molecule has 0 radical (unpaired) electrons. The fraction of sp³-hybridized carbons (Fsp3) is 0.467. The number of nitrogens with one attached hydrogen (secondary N) is 1. The van der Waals surface area contributed by atoms with Gasteiger partial charge in [-0.3, -0.25) is 4.79 Å². The van der Waals surface area contributed by atoms with Crippen LogP contribution in [0.15, 0.2) is 29.2 Å². The number of amides is 1. The second-order valence-corrected chi connectivity index (χ2v) is 7.34. The van der Waals surface area contributed by atoms with E-state index in [1.807, 2.05) is 0 Å². The van der Waals surface area contributed by atoms with E-state index in [0.717, 1.165) is 28.6 Å². The van der Waals surface area contributed by atoms with E-state index in [4.69, 9.17) is 9.84 Å². The summed E-state index contributed by atoms with van der Waals surface area (Å²) in [6, 6.07) is 3.27. The highest BCUT2D eigenvalue weighted by Gasteiger charge is 2.22. The number of carboxylic acid groups (broad SMARTS) is 1. The molecule has 1 aromatic rings. The lowest BCUT2D eigenvalue weighted by Gasteiger charge is -2.17. The standard InChI is InChI=1S/C15H21FN2O6S/c1-18(25(22,23)12-7-5-11(16)6-8-12)9-3-4-14(19)17-13(10-24-2)15(20)21/h5-8,13H,3-4,9-10H2,1-2H3,(H,17,19)(H,20,21). The van der Waals surface area contributed by atoms with Crippen molar-refractivity contribution >= 4 is 21.9 Å². The Kier molecular flexibility index (Phi) is 7.94. The third-order valence-electron chi connectivity index (χ3n) is 3.37. The van der Waals surface area contributed by atoms with Gasteiger partial charge in [0.1, 0.15) is 5.82 Å². The molecule has 1 unspecified atom stereocenters. The summed E-state index contributed by atoms with van der Waals surface area (Å²) in [6.07, 6.45) is 0.152. The molecule has 0 saturated heterocycles. The van der Waals surface area contributed by atoms with Gasteiger partial charge in [-0.15, -0.1) is 0 Å². The van der Waals surface area contributed by atoms with Crippen LogP contribution in [0.4, 0.5) is 4.39 Å². The fourth-order valence-corrected chi connectivity index (χ4v) is 3.19. The lowest BCUT2D eigenvalue weighted by molar-refractivity contribution is -0.143. The first-order valence-corrected chi connectivity index (χ1v) is 8.85. The van der Waals surface area contributed by atoms with E-state index in [1.165, 1.54) is 14.2 Å². The lowest BCUT2D eigenvalue weighted by atomic mass is 10.2. The molecule has 0 aliphatic heterocycles. The van der Waals surface area contributed by atoms with Gasteiger partial charge < -0.3 is 15.2 Å². The Bertz CT molecular complexity index is 692. The van der Waals surface area contributed by atoms with Gasteiger partial charge in [0, 0.05) is 27.1 Å². The number of carboxylic acids is 1. The van der Waals surface area contributed by atoms with Crippen LogP contribution >= 0.6 is 0 Å². The number of methoxy groups -OCH3 is 1. The van der Waals surface area contributed by atoms with Crippen molar-refractivity contribution in [1.82, 2.24) is 9.62 Å². The van der Waals surface area contributed by atoms with E-state index in [1.54, 1.807) is 0 Å².